The van der Waals surface area contributed by atoms with E-state index in [-0.39, 0.29) is 23.5 Å². The molecule has 0 aromatic rings. The summed E-state index contributed by atoms with van der Waals surface area (Å²) in [6, 6.07) is -2.54. The third kappa shape index (κ3) is 3.64. The van der Waals surface area contributed by atoms with Crippen molar-refractivity contribution in [2.45, 2.75) is 64.6 Å². The summed E-state index contributed by atoms with van der Waals surface area (Å²) in [4.78, 5) is 33.9. The second kappa shape index (κ2) is 6.92. The molecule has 2 rings (SSSR count). The molecule has 2 aliphatic carbocycles. The smallest absolute Gasteiger partial charge is 0.328 e. The van der Waals surface area contributed by atoms with E-state index in [0.717, 1.165) is 19.3 Å². The van der Waals surface area contributed by atoms with Crippen molar-refractivity contribution in [2.75, 3.05) is 6.61 Å². The number of ether oxygens (including phenoxy) is 1. The van der Waals surface area contributed by atoms with Gasteiger partial charge in [-0.25, -0.2) is 4.79 Å². The van der Waals surface area contributed by atoms with Crippen LogP contribution in [-0.4, -0.2) is 52.9 Å². The standard InChI is InChI=1S/C17H28N2O6/c1-16(2)9-4-5-17(16,3)12(6-9)25-8-11(15(23)24)19-14(22)10(18)7-13(20)21/h9-12H,4-8,18H2,1-3H3,(H,19,22)(H,20,21)(H,23,24). The fourth-order valence-electron chi connectivity index (χ4n) is 4.33. The number of rotatable bonds is 8. The minimum atomic E-state index is -1.29. The molecule has 1 amide bonds. The predicted molar refractivity (Wildman–Crippen MR) is 88.8 cm³/mol. The maximum absolute atomic E-state index is 11.9. The van der Waals surface area contributed by atoms with Gasteiger partial charge in [0.1, 0.15) is 0 Å². The summed E-state index contributed by atoms with van der Waals surface area (Å²) in [6.45, 7) is 6.48. The highest BCUT2D eigenvalue weighted by molar-refractivity contribution is 5.89. The molecule has 0 spiro atoms. The zero-order valence-corrected chi connectivity index (χ0v) is 14.9. The van der Waals surface area contributed by atoms with E-state index in [2.05, 4.69) is 26.1 Å². The van der Waals surface area contributed by atoms with Crippen molar-refractivity contribution in [1.82, 2.24) is 5.32 Å². The van der Waals surface area contributed by atoms with Crippen molar-refractivity contribution < 1.29 is 29.3 Å². The van der Waals surface area contributed by atoms with Crippen molar-refractivity contribution >= 4 is 17.8 Å². The van der Waals surface area contributed by atoms with Gasteiger partial charge < -0.3 is 26.0 Å². The van der Waals surface area contributed by atoms with E-state index >= 15 is 0 Å². The lowest BCUT2D eigenvalue weighted by Crippen LogP contribution is -2.51. The molecule has 25 heavy (non-hydrogen) atoms. The predicted octanol–water partition coefficient (Wildman–Crippen LogP) is 0.589. The van der Waals surface area contributed by atoms with Crippen molar-refractivity contribution in [2.24, 2.45) is 22.5 Å². The Kier molecular flexibility index (Phi) is 5.44. The maximum atomic E-state index is 11.9. The SMILES string of the molecule is CC1(C)C2CCC1(C)C(OCC(NC(=O)C(N)CC(=O)O)C(=O)O)C2. The van der Waals surface area contributed by atoms with Gasteiger partial charge >= 0.3 is 11.9 Å². The highest BCUT2D eigenvalue weighted by Gasteiger charge is 2.61. The number of nitrogens with one attached hydrogen (secondary N) is 1. The fourth-order valence-corrected chi connectivity index (χ4v) is 4.33. The molecule has 2 bridgehead atoms. The number of aliphatic carboxylic acids is 2. The van der Waals surface area contributed by atoms with Crippen molar-refractivity contribution in [3.8, 4) is 0 Å². The Hall–Kier alpha value is -1.67. The lowest BCUT2D eigenvalue weighted by molar-refractivity contribution is -0.146. The largest absolute Gasteiger partial charge is 0.481 e. The van der Waals surface area contributed by atoms with E-state index in [4.69, 9.17) is 15.6 Å². The average Bonchev–Trinajstić information content (AvgIpc) is 2.83. The van der Waals surface area contributed by atoms with E-state index in [0.29, 0.717) is 5.92 Å². The first-order valence-corrected chi connectivity index (χ1v) is 8.61. The molecule has 2 aliphatic rings. The minimum absolute atomic E-state index is 0.00948. The van der Waals surface area contributed by atoms with Crippen LogP contribution in [0.15, 0.2) is 0 Å². The van der Waals surface area contributed by atoms with Crippen LogP contribution in [0, 0.1) is 16.7 Å². The number of carboxylic acid groups (broad SMARTS) is 2. The maximum Gasteiger partial charge on any atom is 0.328 e. The lowest BCUT2D eigenvalue weighted by atomic mass is 9.70. The molecule has 0 aromatic carbocycles. The zero-order chi connectivity index (χ0) is 19.0. The Bertz CT molecular complexity index is 563. The lowest BCUT2D eigenvalue weighted by Gasteiger charge is -2.39. The van der Waals surface area contributed by atoms with Gasteiger partial charge in [-0.1, -0.05) is 20.8 Å². The van der Waals surface area contributed by atoms with E-state index in [1.54, 1.807) is 0 Å². The second-order valence-corrected chi connectivity index (χ2v) is 8.04. The highest BCUT2D eigenvalue weighted by Crippen LogP contribution is 2.66. The molecule has 2 fully saturated rings. The van der Waals surface area contributed by atoms with Crippen LogP contribution in [0.3, 0.4) is 0 Å². The van der Waals surface area contributed by atoms with Gasteiger partial charge in [-0.05, 0) is 36.0 Å². The molecule has 5 unspecified atom stereocenters. The van der Waals surface area contributed by atoms with E-state index in [1.807, 2.05) is 0 Å². The summed E-state index contributed by atoms with van der Waals surface area (Å²) >= 11 is 0. The zero-order valence-electron chi connectivity index (χ0n) is 14.9. The Labute approximate surface area is 147 Å². The fraction of sp³-hybridized carbons (Fsp3) is 0.824. The van der Waals surface area contributed by atoms with E-state index in [9.17, 15) is 19.5 Å². The third-order valence-electron chi connectivity index (χ3n) is 6.52. The summed E-state index contributed by atoms with van der Waals surface area (Å²) in [6.07, 6.45) is 2.49. The van der Waals surface area contributed by atoms with Gasteiger partial charge in [-0.3, -0.25) is 9.59 Å². The van der Waals surface area contributed by atoms with Crippen LogP contribution in [0.4, 0.5) is 0 Å². The summed E-state index contributed by atoms with van der Waals surface area (Å²) in [7, 11) is 0. The normalized spacial score (nSPS) is 32.2. The van der Waals surface area contributed by atoms with Gasteiger partial charge in [0.15, 0.2) is 6.04 Å². The Balaban J connectivity index is 1.94. The van der Waals surface area contributed by atoms with Crippen molar-refractivity contribution in [1.29, 1.82) is 0 Å². The Morgan fingerprint density at radius 2 is 1.92 bits per heavy atom. The van der Waals surface area contributed by atoms with Gasteiger partial charge in [0.05, 0.1) is 25.2 Å². The van der Waals surface area contributed by atoms with Crippen molar-refractivity contribution in [3.05, 3.63) is 0 Å². The number of hydrogen-bond acceptors (Lipinski definition) is 5. The molecule has 0 aromatic heterocycles. The number of carbonyl (C=O) groups is 3. The first kappa shape index (κ1) is 19.7. The Morgan fingerprint density at radius 3 is 2.36 bits per heavy atom. The molecule has 5 N–H and O–H groups in total. The number of nitrogens with two attached hydrogens (primary N) is 1. The molecule has 2 saturated carbocycles. The van der Waals surface area contributed by atoms with Gasteiger partial charge in [0.25, 0.3) is 0 Å². The molecule has 0 saturated heterocycles. The summed E-state index contributed by atoms with van der Waals surface area (Å²) in [5, 5.41) is 20.2. The van der Waals surface area contributed by atoms with Crippen LogP contribution in [0.25, 0.3) is 0 Å². The number of fused-ring (bicyclic) bond motifs is 2. The van der Waals surface area contributed by atoms with Crippen LogP contribution in [-0.2, 0) is 19.1 Å². The first-order valence-electron chi connectivity index (χ1n) is 8.61. The van der Waals surface area contributed by atoms with Crippen LogP contribution in [0.2, 0.25) is 0 Å². The highest BCUT2D eigenvalue weighted by atomic mass is 16.5. The topological polar surface area (TPSA) is 139 Å². The van der Waals surface area contributed by atoms with Crippen LogP contribution >= 0.6 is 0 Å². The number of carbonyl (C=O) groups excluding carboxylic acids is 1. The van der Waals surface area contributed by atoms with Gasteiger partial charge in [0, 0.05) is 0 Å². The van der Waals surface area contributed by atoms with Crippen LogP contribution in [0.5, 0.6) is 0 Å². The molecule has 8 heteroatoms. The first-order chi connectivity index (χ1) is 11.5. The monoisotopic (exact) mass is 356 g/mol. The quantitative estimate of drug-likeness (QED) is 0.499. The molecule has 5 atom stereocenters. The van der Waals surface area contributed by atoms with E-state index < -0.39 is 36.4 Å². The minimum Gasteiger partial charge on any atom is -0.481 e. The van der Waals surface area contributed by atoms with Crippen molar-refractivity contribution in [3.63, 3.8) is 0 Å². The summed E-state index contributed by atoms with van der Waals surface area (Å²) in [5.74, 6) is -2.70. The van der Waals surface area contributed by atoms with Gasteiger partial charge in [-0.2, -0.15) is 0 Å². The molecule has 8 nitrogen and oxygen atoms in total. The number of carboxylic acids is 2. The number of amides is 1. The Morgan fingerprint density at radius 1 is 1.28 bits per heavy atom. The number of hydrogen-bond donors (Lipinski definition) is 4. The summed E-state index contributed by atoms with van der Waals surface area (Å²) in [5.41, 5.74) is 5.60. The third-order valence-corrected chi connectivity index (χ3v) is 6.52. The van der Waals surface area contributed by atoms with Gasteiger partial charge in [-0.15, -0.1) is 0 Å². The van der Waals surface area contributed by atoms with Crippen LogP contribution in [0.1, 0.15) is 46.5 Å². The van der Waals surface area contributed by atoms with Gasteiger partial charge in [0.2, 0.25) is 5.91 Å². The molecular weight excluding hydrogens is 328 g/mol. The average molecular weight is 356 g/mol. The molecule has 0 heterocycles. The molecule has 0 aliphatic heterocycles. The van der Waals surface area contributed by atoms with Crippen LogP contribution < -0.4 is 11.1 Å². The molecular formula is C17H28N2O6. The second-order valence-electron chi connectivity index (χ2n) is 8.04. The van der Waals surface area contributed by atoms with E-state index in [1.165, 1.54) is 0 Å². The summed E-state index contributed by atoms with van der Waals surface area (Å²) < 4.78 is 5.91. The molecule has 0 radical (unpaired) electrons. The molecule has 142 valence electrons.